The van der Waals surface area contributed by atoms with Crippen molar-refractivity contribution in [1.29, 1.82) is 0 Å². The Morgan fingerprint density at radius 2 is 2.00 bits per heavy atom. The zero-order valence-electron chi connectivity index (χ0n) is 12.5. The molecule has 1 aliphatic carbocycles. The predicted octanol–water partition coefficient (Wildman–Crippen LogP) is 4.97. The third-order valence-electron chi connectivity index (χ3n) is 4.92. The maximum atomic E-state index is 13.3. The minimum atomic E-state index is -0.332. The van der Waals surface area contributed by atoms with E-state index in [-0.39, 0.29) is 10.8 Å². The standard InChI is InChI=1S/C17H25ClFN/c1-3-17(9-5-6-10-17)16(20-4-2)12-13-7-8-15(19)14(18)11-13/h7-8,11,16,20H,3-6,9-10,12H2,1-2H3. The Balaban J connectivity index is 2.18. The van der Waals surface area contributed by atoms with Crippen LogP contribution < -0.4 is 5.32 Å². The molecule has 1 fully saturated rings. The minimum absolute atomic E-state index is 0.231. The zero-order valence-corrected chi connectivity index (χ0v) is 13.3. The monoisotopic (exact) mass is 297 g/mol. The molecular weight excluding hydrogens is 273 g/mol. The normalized spacial score (nSPS) is 19.2. The van der Waals surface area contributed by atoms with E-state index in [4.69, 9.17) is 11.6 Å². The highest BCUT2D eigenvalue weighted by atomic mass is 35.5. The zero-order chi connectivity index (χ0) is 14.6. The van der Waals surface area contributed by atoms with Gasteiger partial charge < -0.3 is 5.32 Å². The first kappa shape index (κ1) is 15.8. The summed E-state index contributed by atoms with van der Waals surface area (Å²) in [5, 5.41) is 3.89. The Morgan fingerprint density at radius 1 is 1.30 bits per heavy atom. The summed E-state index contributed by atoms with van der Waals surface area (Å²) >= 11 is 5.91. The van der Waals surface area contributed by atoms with Gasteiger partial charge in [-0.1, -0.05) is 44.4 Å². The van der Waals surface area contributed by atoms with Crippen molar-refractivity contribution >= 4 is 11.6 Å². The highest BCUT2D eigenvalue weighted by molar-refractivity contribution is 6.30. The van der Waals surface area contributed by atoms with Gasteiger partial charge in [-0.25, -0.2) is 4.39 Å². The van der Waals surface area contributed by atoms with Crippen LogP contribution in [0, 0.1) is 11.2 Å². The summed E-state index contributed by atoms with van der Waals surface area (Å²) in [4.78, 5) is 0. The topological polar surface area (TPSA) is 12.0 Å². The highest BCUT2D eigenvalue weighted by Gasteiger charge is 2.39. The molecule has 1 atom stereocenters. The number of likely N-dealkylation sites (N-methyl/N-ethyl adjacent to an activating group) is 1. The first-order valence-electron chi connectivity index (χ1n) is 7.78. The summed E-state index contributed by atoms with van der Waals surface area (Å²) in [5.74, 6) is -0.332. The van der Waals surface area contributed by atoms with Gasteiger partial charge in [0, 0.05) is 6.04 Å². The Morgan fingerprint density at radius 3 is 2.55 bits per heavy atom. The quantitative estimate of drug-likeness (QED) is 0.781. The van der Waals surface area contributed by atoms with E-state index in [0.29, 0.717) is 11.5 Å². The van der Waals surface area contributed by atoms with Crippen LogP contribution in [0.5, 0.6) is 0 Å². The lowest BCUT2D eigenvalue weighted by Gasteiger charge is -2.38. The molecule has 0 heterocycles. The van der Waals surface area contributed by atoms with Gasteiger partial charge >= 0.3 is 0 Å². The second-order valence-corrected chi connectivity index (χ2v) is 6.39. The summed E-state index contributed by atoms with van der Waals surface area (Å²) in [7, 11) is 0. The van der Waals surface area contributed by atoms with E-state index < -0.39 is 0 Å². The number of benzene rings is 1. The molecular formula is C17H25ClFN. The van der Waals surface area contributed by atoms with Gasteiger partial charge in [0.1, 0.15) is 5.82 Å². The van der Waals surface area contributed by atoms with E-state index in [0.717, 1.165) is 18.5 Å². The van der Waals surface area contributed by atoms with Gasteiger partial charge in [0.2, 0.25) is 0 Å². The molecule has 1 aromatic rings. The first-order chi connectivity index (χ1) is 9.61. The van der Waals surface area contributed by atoms with Gasteiger partial charge in [-0.2, -0.15) is 0 Å². The van der Waals surface area contributed by atoms with Gasteiger partial charge in [0.15, 0.2) is 0 Å². The van der Waals surface area contributed by atoms with Crippen molar-refractivity contribution in [2.75, 3.05) is 6.54 Å². The van der Waals surface area contributed by atoms with Gasteiger partial charge in [-0.05, 0) is 55.3 Å². The first-order valence-corrected chi connectivity index (χ1v) is 8.16. The van der Waals surface area contributed by atoms with Crippen molar-refractivity contribution in [2.45, 2.75) is 58.4 Å². The Kier molecular flexibility index (Phi) is 5.45. The number of hydrogen-bond donors (Lipinski definition) is 1. The van der Waals surface area contributed by atoms with Crippen LogP contribution in [-0.4, -0.2) is 12.6 Å². The minimum Gasteiger partial charge on any atom is -0.313 e. The SMILES string of the molecule is CCNC(Cc1ccc(F)c(Cl)c1)C1(CC)CCCC1. The summed E-state index contributed by atoms with van der Waals surface area (Å²) < 4.78 is 13.3. The molecule has 0 amide bonds. The van der Waals surface area contributed by atoms with E-state index in [1.54, 1.807) is 6.07 Å². The van der Waals surface area contributed by atoms with Crippen molar-refractivity contribution < 1.29 is 4.39 Å². The fourth-order valence-electron chi connectivity index (χ4n) is 3.68. The fraction of sp³-hybridized carbons (Fsp3) is 0.647. The third-order valence-corrected chi connectivity index (χ3v) is 5.21. The lowest BCUT2D eigenvalue weighted by molar-refractivity contribution is 0.186. The van der Waals surface area contributed by atoms with E-state index >= 15 is 0 Å². The largest absolute Gasteiger partial charge is 0.313 e. The molecule has 0 spiro atoms. The molecule has 20 heavy (non-hydrogen) atoms. The Hall–Kier alpha value is -0.600. The van der Waals surface area contributed by atoms with Crippen LogP contribution in [0.3, 0.4) is 0 Å². The Bertz CT molecular complexity index is 441. The van der Waals surface area contributed by atoms with Crippen LogP contribution in [-0.2, 0) is 6.42 Å². The van der Waals surface area contributed by atoms with Crippen LogP contribution in [0.25, 0.3) is 0 Å². The van der Waals surface area contributed by atoms with Gasteiger partial charge in [-0.15, -0.1) is 0 Å². The van der Waals surface area contributed by atoms with Crippen LogP contribution in [0.1, 0.15) is 51.5 Å². The lowest BCUT2D eigenvalue weighted by atomic mass is 9.74. The molecule has 0 saturated heterocycles. The van der Waals surface area contributed by atoms with Crippen LogP contribution in [0.4, 0.5) is 4.39 Å². The molecule has 0 bridgehead atoms. The fourth-order valence-corrected chi connectivity index (χ4v) is 3.88. The van der Waals surface area contributed by atoms with Crippen LogP contribution in [0.2, 0.25) is 5.02 Å². The predicted molar refractivity (Wildman–Crippen MR) is 83.8 cm³/mol. The van der Waals surface area contributed by atoms with E-state index in [9.17, 15) is 4.39 Å². The van der Waals surface area contributed by atoms with Crippen molar-refractivity contribution in [3.05, 3.63) is 34.6 Å². The number of halogens is 2. The molecule has 0 aromatic heterocycles. The summed E-state index contributed by atoms with van der Waals surface area (Å²) in [6.07, 6.45) is 7.41. The van der Waals surface area contributed by atoms with Crippen LogP contribution in [0.15, 0.2) is 18.2 Å². The molecule has 1 nitrogen and oxygen atoms in total. The van der Waals surface area contributed by atoms with Gasteiger partial charge in [0.25, 0.3) is 0 Å². The van der Waals surface area contributed by atoms with Crippen LogP contribution >= 0.6 is 11.6 Å². The van der Waals surface area contributed by atoms with Crippen molar-refractivity contribution in [2.24, 2.45) is 5.41 Å². The number of rotatable bonds is 6. The maximum Gasteiger partial charge on any atom is 0.141 e. The molecule has 1 aromatic carbocycles. The van der Waals surface area contributed by atoms with E-state index in [1.165, 1.54) is 38.2 Å². The molecule has 3 heteroatoms. The van der Waals surface area contributed by atoms with E-state index in [1.807, 2.05) is 6.07 Å². The molecule has 1 saturated carbocycles. The van der Waals surface area contributed by atoms with Crippen molar-refractivity contribution in [1.82, 2.24) is 5.32 Å². The number of hydrogen-bond acceptors (Lipinski definition) is 1. The molecule has 1 N–H and O–H groups in total. The molecule has 0 radical (unpaired) electrons. The highest BCUT2D eigenvalue weighted by Crippen LogP contribution is 2.44. The number of nitrogens with one attached hydrogen (secondary N) is 1. The van der Waals surface area contributed by atoms with Crippen molar-refractivity contribution in [3.8, 4) is 0 Å². The lowest BCUT2D eigenvalue weighted by Crippen LogP contribution is -2.45. The molecule has 2 rings (SSSR count). The molecule has 0 aliphatic heterocycles. The average Bonchev–Trinajstić information content (AvgIpc) is 2.92. The summed E-state index contributed by atoms with van der Waals surface area (Å²) in [5.41, 5.74) is 1.53. The van der Waals surface area contributed by atoms with Gasteiger partial charge in [0.05, 0.1) is 5.02 Å². The molecule has 1 aliphatic rings. The van der Waals surface area contributed by atoms with E-state index in [2.05, 4.69) is 19.2 Å². The van der Waals surface area contributed by atoms with Crippen molar-refractivity contribution in [3.63, 3.8) is 0 Å². The molecule has 1 unspecified atom stereocenters. The summed E-state index contributed by atoms with van der Waals surface area (Å²) in [6.45, 7) is 5.43. The van der Waals surface area contributed by atoms with Gasteiger partial charge in [-0.3, -0.25) is 0 Å². The smallest absolute Gasteiger partial charge is 0.141 e. The maximum absolute atomic E-state index is 13.3. The average molecular weight is 298 g/mol. The molecule has 112 valence electrons. The third kappa shape index (κ3) is 3.35. The summed E-state index contributed by atoms with van der Waals surface area (Å²) in [6, 6.07) is 5.58. The second-order valence-electron chi connectivity index (χ2n) is 5.99. The second kappa shape index (κ2) is 6.91. The Labute approximate surface area is 126 Å².